The highest BCUT2D eigenvalue weighted by Gasteiger charge is 2.55. The summed E-state index contributed by atoms with van der Waals surface area (Å²) >= 11 is 0. The number of rotatable bonds is 3. The molecule has 29 heavy (non-hydrogen) atoms. The van der Waals surface area contributed by atoms with Gasteiger partial charge in [-0.05, 0) is 30.3 Å². The van der Waals surface area contributed by atoms with Crippen LogP contribution < -0.4 is 4.74 Å². The predicted octanol–water partition coefficient (Wildman–Crippen LogP) is 4.69. The quantitative estimate of drug-likeness (QED) is 0.559. The van der Waals surface area contributed by atoms with Gasteiger partial charge in [0.2, 0.25) is 5.69 Å². The van der Waals surface area contributed by atoms with Crippen molar-refractivity contribution in [1.82, 2.24) is 0 Å². The van der Waals surface area contributed by atoms with Gasteiger partial charge in [-0.25, -0.2) is 26.4 Å². The maximum absolute atomic E-state index is 14.0. The molecule has 5 nitrogen and oxygen atoms in total. The topological polar surface area (TPSA) is 68.0 Å². The number of hydrogen-bond acceptors (Lipinski definition) is 4. The van der Waals surface area contributed by atoms with Gasteiger partial charge in [-0.2, -0.15) is 13.2 Å². The number of aliphatic hydroxyl groups excluding tert-OH is 1. The van der Waals surface area contributed by atoms with Crippen LogP contribution in [0.3, 0.4) is 0 Å². The Kier molecular flexibility index (Phi) is 4.79. The third-order valence-electron chi connectivity index (χ3n) is 4.22. The second-order valence-electron chi connectivity index (χ2n) is 6.07. The molecule has 0 heterocycles. The van der Waals surface area contributed by atoms with E-state index in [4.69, 9.17) is 11.3 Å². The third-order valence-corrected chi connectivity index (χ3v) is 5.76. The number of halogens is 6. The summed E-state index contributed by atoms with van der Waals surface area (Å²) in [5.74, 6) is -5.48. The van der Waals surface area contributed by atoms with Crippen molar-refractivity contribution in [3.63, 3.8) is 0 Å². The van der Waals surface area contributed by atoms with Gasteiger partial charge in [0.15, 0.2) is 0 Å². The molecule has 1 aliphatic rings. The molecule has 2 aromatic carbocycles. The van der Waals surface area contributed by atoms with Crippen LogP contribution in [0, 0.1) is 12.4 Å². The largest absolute Gasteiger partial charge is 0.501 e. The molecule has 1 atom stereocenters. The standard InChI is InChI=1S/C17H9F6NO4S/c1-24-11-6-8(2-3-10(11)18)28-12-4-5-13(29(26,27)17(21,22)23)14-9(12)7-16(19,20)15(14)25/h2-6,15,25H,7H2/t15-/m0/s1. The highest BCUT2D eigenvalue weighted by molar-refractivity contribution is 7.92. The summed E-state index contributed by atoms with van der Waals surface area (Å²) in [6.07, 6.45) is -4.09. The van der Waals surface area contributed by atoms with Crippen LogP contribution in [0.5, 0.6) is 11.5 Å². The van der Waals surface area contributed by atoms with Crippen LogP contribution in [0.1, 0.15) is 17.2 Å². The van der Waals surface area contributed by atoms with Gasteiger partial charge in [-0.3, -0.25) is 0 Å². The number of ether oxygens (including phenoxy) is 1. The van der Waals surface area contributed by atoms with Crippen LogP contribution in [0.25, 0.3) is 4.85 Å². The molecule has 0 amide bonds. The molecule has 0 radical (unpaired) electrons. The average molecular weight is 437 g/mol. The molecule has 2 aromatic rings. The molecule has 0 unspecified atom stereocenters. The summed E-state index contributed by atoms with van der Waals surface area (Å²) in [6, 6.07) is 3.96. The zero-order chi connectivity index (χ0) is 21.8. The van der Waals surface area contributed by atoms with E-state index in [9.17, 15) is 39.9 Å². The lowest BCUT2D eigenvalue weighted by Crippen LogP contribution is -2.26. The summed E-state index contributed by atoms with van der Waals surface area (Å²) in [4.78, 5) is 1.38. The molecule has 1 N–H and O–H groups in total. The molecule has 0 fully saturated rings. The van der Waals surface area contributed by atoms with Crippen LogP contribution in [0.4, 0.5) is 32.0 Å². The Morgan fingerprint density at radius 3 is 2.45 bits per heavy atom. The van der Waals surface area contributed by atoms with E-state index in [1.165, 1.54) is 0 Å². The molecule has 0 aliphatic heterocycles. The van der Waals surface area contributed by atoms with Gasteiger partial charge in [-0.15, -0.1) is 0 Å². The number of benzene rings is 2. The average Bonchev–Trinajstić information content (AvgIpc) is 2.86. The Labute approximate surface area is 159 Å². The van der Waals surface area contributed by atoms with E-state index in [0.717, 1.165) is 24.3 Å². The minimum atomic E-state index is -6.03. The number of fused-ring (bicyclic) bond motifs is 1. The molecule has 0 aromatic heterocycles. The second kappa shape index (κ2) is 6.64. The molecule has 0 bridgehead atoms. The second-order valence-corrected chi connectivity index (χ2v) is 7.98. The van der Waals surface area contributed by atoms with E-state index in [1.807, 2.05) is 0 Å². The van der Waals surface area contributed by atoms with Crippen molar-refractivity contribution in [3.05, 3.63) is 58.7 Å². The molecule has 1 aliphatic carbocycles. The first kappa shape index (κ1) is 20.9. The van der Waals surface area contributed by atoms with Crippen molar-refractivity contribution in [3.8, 4) is 11.5 Å². The number of hydrogen-bond donors (Lipinski definition) is 1. The predicted molar refractivity (Wildman–Crippen MR) is 86.0 cm³/mol. The first-order chi connectivity index (χ1) is 13.3. The Bertz CT molecular complexity index is 1140. The van der Waals surface area contributed by atoms with Crippen molar-refractivity contribution in [1.29, 1.82) is 0 Å². The van der Waals surface area contributed by atoms with Crippen molar-refractivity contribution >= 4 is 15.5 Å². The highest BCUT2D eigenvalue weighted by Crippen LogP contribution is 2.51. The Hall–Kier alpha value is -2.78. The summed E-state index contributed by atoms with van der Waals surface area (Å²) in [7, 11) is -6.03. The molecule has 12 heteroatoms. The van der Waals surface area contributed by atoms with Gasteiger partial charge in [0, 0.05) is 17.5 Å². The van der Waals surface area contributed by atoms with Gasteiger partial charge >= 0.3 is 5.51 Å². The van der Waals surface area contributed by atoms with E-state index in [1.54, 1.807) is 0 Å². The zero-order valence-electron chi connectivity index (χ0n) is 14.0. The lowest BCUT2D eigenvalue weighted by molar-refractivity contribution is -0.0978. The fourth-order valence-corrected chi connectivity index (χ4v) is 3.89. The van der Waals surface area contributed by atoms with Gasteiger partial charge in [0.05, 0.1) is 11.5 Å². The van der Waals surface area contributed by atoms with Gasteiger partial charge < -0.3 is 9.84 Å². The van der Waals surface area contributed by atoms with Crippen LogP contribution in [0.15, 0.2) is 35.2 Å². The van der Waals surface area contributed by atoms with Gasteiger partial charge in [-0.1, -0.05) is 0 Å². The fourth-order valence-electron chi connectivity index (χ4n) is 2.87. The molecule has 0 spiro atoms. The van der Waals surface area contributed by atoms with Gasteiger partial charge in [0.25, 0.3) is 15.8 Å². The Morgan fingerprint density at radius 2 is 1.86 bits per heavy atom. The summed E-state index contributed by atoms with van der Waals surface area (Å²) in [5.41, 5.74) is -7.98. The van der Waals surface area contributed by atoms with E-state index in [0.29, 0.717) is 6.07 Å². The highest BCUT2D eigenvalue weighted by atomic mass is 32.2. The summed E-state index contributed by atoms with van der Waals surface area (Å²) in [5, 5.41) is 9.80. The first-order valence-electron chi connectivity index (χ1n) is 7.67. The van der Waals surface area contributed by atoms with E-state index >= 15 is 0 Å². The molecular formula is C17H9F6NO4S. The monoisotopic (exact) mass is 437 g/mol. The third kappa shape index (κ3) is 3.40. The van der Waals surface area contributed by atoms with E-state index in [-0.39, 0.29) is 5.75 Å². The fraction of sp³-hybridized carbons (Fsp3) is 0.235. The van der Waals surface area contributed by atoms with Crippen LogP contribution in [0.2, 0.25) is 0 Å². The van der Waals surface area contributed by atoms with Crippen molar-refractivity contribution in [2.24, 2.45) is 0 Å². The zero-order valence-corrected chi connectivity index (χ0v) is 14.8. The Morgan fingerprint density at radius 1 is 1.21 bits per heavy atom. The van der Waals surface area contributed by atoms with Crippen molar-refractivity contribution in [2.45, 2.75) is 28.9 Å². The Balaban J connectivity index is 2.17. The lowest BCUT2D eigenvalue weighted by Gasteiger charge is -2.17. The molecule has 154 valence electrons. The smallest absolute Gasteiger partial charge is 0.458 e. The number of sulfone groups is 1. The van der Waals surface area contributed by atoms with Crippen LogP contribution in [-0.2, 0) is 16.3 Å². The molecule has 0 saturated carbocycles. The maximum atomic E-state index is 14.0. The maximum Gasteiger partial charge on any atom is 0.501 e. The van der Waals surface area contributed by atoms with Crippen LogP contribution >= 0.6 is 0 Å². The molecule has 3 rings (SSSR count). The van der Waals surface area contributed by atoms with Crippen molar-refractivity contribution < 1.29 is 44.6 Å². The number of aliphatic hydroxyl groups is 1. The lowest BCUT2D eigenvalue weighted by atomic mass is 10.1. The first-order valence-corrected chi connectivity index (χ1v) is 9.16. The SMILES string of the molecule is [C-]#[N+]c1cc(Oc2ccc(S(=O)(=O)C(F)(F)F)c3c2CC(F)(F)[C@H]3O)ccc1F. The van der Waals surface area contributed by atoms with Crippen molar-refractivity contribution in [2.75, 3.05) is 0 Å². The molecule has 0 saturated heterocycles. The summed E-state index contributed by atoms with van der Waals surface area (Å²) < 4.78 is 109. The van der Waals surface area contributed by atoms with E-state index < -0.39 is 67.1 Å². The number of alkyl halides is 5. The minimum absolute atomic E-state index is 0.198. The van der Waals surface area contributed by atoms with Crippen LogP contribution in [-0.4, -0.2) is 25.0 Å². The van der Waals surface area contributed by atoms with E-state index in [2.05, 4.69) is 4.85 Å². The molecular weight excluding hydrogens is 428 g/mol. The summed E-state index contributed by atoms with van der Waals surface area (Å²) in [6.45, 7) is 6.84. The minimum Gasteiger partial charge on any atom is -0.458 e. The van der Waals surface area contributed by atoms with Gasteiger partial charge in [0.1, 0.15) is 23.4 Å². The number of nitrogens with zero attached hydrogens (tertiary/aromatic N) is 1. The normalized spacial score (nSPS) is 18.2.